The summed E-state index contributed by atoms with van der Waals surface area (Å²) in [5.74, 6) is 0.654. The summed E-state index contributed by atoms with van der Waals surface area (Å²) in [4.78, 5) is 0. The minimum atomic E-state index is -3.41. The van der Waals surface area contributed by atoms with E-state index >= 15 is 0 Å². The van der Waals surface area contributed by atoms with Crippen LogP contribution in [-0.2, 0) is 27.7 Å². The van der Waals surface area contributed by atoms with Gasteiger partial charge < -0.3 is 9.15 Å². The van der Waals surface area contributed by atoms with Gasteiger partial charge in [-0.15, -0.1) is 0 Å². The first kappa shape index (κ1) is 17.2. The number of nitrogens with zero attached hydrogens (tertiary/aromatic N) is 1. The molecule has 1 fully saturated rings. The zero-order chi connectivity index (χ0) is 17.0. The fourth-order valence-corrected chi connectivity index (χ4v) is 4.58. The van der Waals surface area contributed by atoms with Gasteiger partial charge >= 0.3 is 0 Å². The fraction of sp³-hybridized carbons (Fsp3) is 0.444. The first-order chi connectivity index (χ1) is 11.6. The molecule has 1 aromatic carbocycles. The van der Waals surface area contributed by atoms with E-state index in [1.54, 1.807) is 18.4 Å². The van der Waals surface area contributed by atoms with Gasteiger partial charge in [-0.3, -0.25) is 0 Å². The van der Waals surface area contributed by atoms with Gasteiger partial charge in [0.2, 0.25) is 10.0 Å². The van der Waals surface area contributed by atoms with Gasteiger partial charge in [-0.2, -0.15) is 4.31 Å². The van der Waals surface area contributed by atoms with Crippen LogP contribution in [0.4, 0.5) is 0 Å². The fourth-order valence-electron chi connectivity index (χ4n) is 2.84. The molecule has 0 amide bonds. The van der Waals surface area contributed by atoms with Crippen molar-refractivity contribution in [3.8, 4) is 0 Å². The van der Waals surface area contributed by atoms with Crippen molar-refractivity contribution in [2.75, 3.05) is 19.8 Å². The maximum Gasteiger partial charge on any atom is 0.219 e. The summed E-state index contributed by atoms with van der Waals surface area (Å²) < 4.78 is 38.0. The Morgan fingerprint density at radius 2 is 2.00 bits per heavy atom. The topological polar surface area (TPSA) is 59.8 Å². The zero-order valence-corrected chi connectivity index (χ0v) is 14.7. The second kappa shape index (κ2) is 7.51. The van der Waals surface area contributed by atoms with Crippen molar-refractivity contribution in [3.05, 3.63) is 59.5 Å². The van der Waals surface area contributed by atoms with E-state index in [1.165, 1.54) is 9.87 Å². The normalized spacial score (nSPS) is 18.3. The van der Waals surface area contributed by atoms with E-state index in [-0.39, 0.29) is 13.2 Å². The first-order valence-corrected chi connectivity index (χ1v) is 9.70. The monoisotopic (exact) mass is 349 g/mol. The Hall–Kier alpha value is -1.63. The van der Waals surface area contributed by atoms with E-state index < -0.39 is 15.3 Å². The molecule has 2 aromatic rings. The van der Waals surface area contributed by atoms with Gasteiger partial charge in [-0.25, -0.2) is 8.42 Å². The lowest BCUT2D eigenvalue weighted by Crippen LogP contribution is -2.39. The molecule has 3 rings (SSSR count). The Bertz CT molecular complexity index is 732. The average molecular weight is 349 g/mol. The summed E-state index contributed by atoms with van der Waals surface area (Å²) in [7, 11) is -3.41. The lowest BCUT2D eigenvalue weighted by molar-refractivity contribution is 0.197. The molecule has 1 saturated heterocycles. The van der Waals surface area contributed by atoms with Crippen LogP contribution in [0.5, 0.6) is 0 Å². The van der Waals surface area contributed by atoms with Gasteiger partial charge in [0, 0.05) is 13.2 Å². The predicted molar refractivity (Wildman–Crippen MR) is 92.1 cm³/mol. The summed E-state index contributed by atoms with van der Waals surface area (Å²) in [6, 6.07) is 11.8. The van der Waals surface area contributed by atoms with Crippen molar-refractivity contribution >= 4 is 10.0 Å². The van der Waals surface area contributed by atoms with Crippen LogP contribution >= 0.6 is 0 Å². The molecule has 5 nitrogen and oxygen atoms in total. The van der Waals surface area contributed by atoms with Crippen LogP contribution in [0.25, 0.3) is 0 Å². The van der Waals surface area contributed by atoms with Gasteiger partial charge in [0.1, 0.15) is 11.0 Å². The lowest BCUT2D eigenvalue weighted by atomic mass is 10.1. The Balaban J connectivity index is 1.75. The molecule has 0 saturated carbocycles. The van der Waals surface area contributed by atoms with Gasteiger partial charge in [0.25, 0.3) is 0 Å². The minimum absolute atomic E-state index is 0.262. The highest BCUT2D eigenvalue weighted by atomic mass is 32.2. The number of rotatable bonds is 7. The maximum atomic E-state index is 12.9. The number of ether oxygens (including phenoxy) is 1. The number of sulfonamides is 1. The molecule has 0 radical (unpaired) electrons. The van der Waals surface area contributed by atoms with Gasteiger partial charge in [-0.1, -0.05) is 29.8 Å². The predicted octanol–water partition coefficient (Wildman–Crippen LogP) is 2.75. The molecule has 1 atom stereocenters. The van der Waals surface area contributed by atoms with E-state index in [0.717, 1.165) is 5.56 Å². The van der Waals surface area contributed by atoms with E-state index in [9.17, 15) is 8.42 Å². The lowest BCUT2D eigenvalue weighted by Gasteiger charge is -2.24. The highest BCUT2D eigenvalue weighted by Gasteiger charge is 2.35. The van der Waals surface area contributed by atoms with Crippen molar-refractivity contribution in [2.24, 2.45) is 0 Å². The van der Waals surface area contributed by atoms with Gasteiger partial charge in [0.05, 0.1) is 19.4 Å². The molecule has 1 aliphatic heterocycles. The van der Waals surface area contributed by atoms with Crippen LogP contribution in [0.15, 0.2) is 47.1 Å². The second-order valence-corrected chi connectivity index (χ2v) is 8.39. The average Bonchev–Trinajstić information content (AvgIpc) is 3.26. The van der Waals surface area contributed by atoms with Crippen molar-refractivity contribution < 1.29 is 17.6 Å². The minimum Gasteiger partial charge on any atom is -0.468 e. The van der Waals surface area contributed by atoms with Crippen molar-refractivity contribution in [1.29, 1.82) is 0 Å². The molecule has 1 aliphatic rings. The van der Waals surface area contributed by atoms with Crippen LogP contribution in [0.3, 0.4) is 0 Å². The summed E-state index contributed by atoms with van der Waals surface area (Å²) in [6.07, 6.45) is 2.80. The van der Waals surface area contributed by atoms with Crippen LogP contribution in [-0.4, -0.2) is 37.7 Å². The zero-order valence-electron chi connectivity index (χ0n) is 13.8. The van der Waals surface area contributed by atoms with E-state index in [0.29, 0.717) is 31.8 Å². The third kappa shape index (κ3) is 4.06. The molecule has 130 valence electrons. The van der Waals surface area contributed by atoms with Crippen molar-refractivity contribution in [3.63, 3.8) is 0 Å². The molecule has 0 spiro atoms. The SMILES string of the molecule is Cc1ccc(CCN(Cc2ccco2)S(=O)(=O)C2CCOC2)cc1. The Labute approximate surface area is 143 Å². The summed E-state index contributed by atoms with van der Waals surface area (Å²) in [5, 5.41) is -0.453. The smallest absolute Gasteiger partial charge is 0.219 e. The highest BCUT2D eigenvalue weighted by Crippen LogP contribution is 2.21. The molecule has 24 heavy (non-hydrogen) atoms. The summed E-state index contributed by atoms with van der Waals surface area (Å²) in [6.45, 7) is 3.52. The van der Waals surface area contributed by atoms with Crippen molar-refractivity contribution in [2.45, 2.75) is 31.6 Å². The first-order valence-electron chi connectivity index (χ1n) is 8.20. The Morgan fingerprint density at radius 3 is 2.62 bits per heavy atom. The molecule has 6 heteroatoms. The van der Waals surface area contributed by atoms with Crippen LogP contribution in [0, 0.1) is 6.92 Å². The molecule has 0 aliphatic carbocycles. The molecule has 2 heterocycles. The van der Waals surface area contributed by atoms with Crippen molar-refractivity contribution in [1.82, 2.24) is 4.31 Å². The molecule has 1 aromatic heterocycles. The van der Waals surface area contributed by atoms with E-state index in [4.69, 9.17) is 9.15 Å². The third-order valence-corrected chi connectivity index (χ3v) is 6.60. The second-order valence-electron chi connectivity index (χ2n) is 6.18. The molecule has 0 N–H and O–H groups in total. The van der Waals surface area contributed by atoms with Crippen LogP contribution < -0.4 is 0 Å². The summed E-state index contributed by atoms with van der Waals surface area (Å²) >= 11 is 0. The largest absolute Gasteiger partial charge is 0.468 e. The third-order valence-electron chi connectivity index (χ3n) is 4.35. The van der Waals surface area contributed by atoms with Gasteiger partial charge in [-0.05, 0) is 37.5 Å². The Kier molecular flexibility index (Phi) is 5.38. The standard InChI is InChI=1S/C18H23NO4S/c1-15-4-6-16(7-5-15)8-10-19(13-17-3-2-11-23-17)24(20,21)18-9-12-22-14-18/h2-7,11,18H,8-10,12-14H2,1H3. The molecule has 1 unspecified atom stereocenters. The quantitative estimate of drug-likeness (QED) is 0.771. The number of aryl methyl sites for hydroxylation is 1. The van der Waals surface area contributed by atoms with Crippen LogP contribution in [0.1, 0.15) is 23.3 Å². The molecular weight excluding hydrogens is 326 g/mol. The highest BCUT2D eigenvalue weighted by molar-refractivity contribution is 7.89. The van der Waals surface area contributed by atoms with Crippen LogP contribution in [0.2, 0.25) is 0 Å². The molecule has 0 bridgehead atoms. The van der Waals surface area contributed by atoms with E-state index in [2.05, 4.69) is 0 Å². The van der Waals surface area contributed by atoms with Gasteiger partial charge in [0.15, 0.2) is 0 Å². The summed E-state index contributed by atoms with van der Waals surface area (Å²) in [5.41, 5.74) is 2.32. The maximum absolute atomic E-state index is 12.9. The Morgan fingerprint density at radius 1 is 1.21 bits per heavy atom. The number of hydrogen-bond donors (Lipinski definition) is 0. The van der Waals surface area contributed by atoms with E-state index in [1.807, 2.05) is 31.2 Å². The molecular formula is C18H23NO4S. The number of benzene rings is 1. The number of furan rings is 1. The number of hydrogen-bond acceptors (Lipinski definition) is 4.